The number of rotatable bonds is 13. The van der Waals surface area contributed by atoms with Crippen molar-refractivity contribution in [3.63, 3.8) is 0 Å². The van der Waals surface area contributed by atoms with Gasteiger partial charge >= 0.3 is 0 Å². The molecule has 2 saturated heterocycles. The molecular formula is C49H57N7O7S. The number of likely N-dealkylation sites (tertiary alicyclic amines) is 1. The summed E-state index contributed by atoms with van der Waals surface area (Å²) in [6.07, 6.45) is 15.7. The predicted molar refractivity (Wildman–Crippen MR) is 245 cm³/mol. The Labute approximate surface area is 374 Å². The number of aliphatic hydroxyl groups is 1. The predicted octanol–water partition coefficient (Wildman–Crippen LogP) is 9.20. The van der Waals surface area contributed by atoms with E-state index >= 15 is 0 Å². The van der Waals surface area contributed by atoms with Crippen LogP contribution in [-0.4, -0.2) is 77.0 Å². The van der Waals surface area contributed by atoms with E-state index in [-0.39, 0.29) is 28.3 Å². The largest absolute Gasteiger partial charge is 0.455 e. The summed E-state index contributed by atoms with van der Waals surface area (Å²) < 4.78 is 36.1. The average Bonchev–Trinajstić information content (AvgIpc) is 3.62. The van der Waals surface area contributed by atoms with Crippen molar-refractivity contribution in [1.29, 1.82) is 0 Å². The number of benzene rings is 3. The normalized spacial score (nSPS) is 26.2. The Morgan fingerprint density at radius 1 is 0.969 bits per heavy atom. The standard InChI is InChI=1S/C49H57N7O7S/c1-48(58)18-14-32(15-19-48)29-51-42-13-11-38(27-44(42)56(59)60)64(61,62)53-47(57)41-12-10-35(26-45(41)63-37-25-34-17-22-50-46(34)52-30-37)54-24-21-49(31-54)20-16-36(28-49)55-23-4-7-43(55)40-6-3-2-5-39(40)33-8-9-33/h2-3,5-6,10-13,17,22,25-27,30,32-33,36,43,51,58H,4,7-9,14-16,18-21,23-24,28-29,31H2,1H3,(H,50,52)(H,53,57)/t32?,36-,43-,48?,49?/m0/s1. The zero-order valence-electron chi connectivity index (χ0n) is 36.3. The number of pyridine rings is 1. The highest BCUT2D eigenvalue weighted by molar-refractivity contribution is 7.90. The van der Waals surface area contributed by atoms with Crippen LogP contribution in [0.1, 0.15) is 117 Å². The first-order valence-corrected chi connectivity index (χ1v) is 24.5. The van der Waals surface area contributed by atoms with Crippen molar-refractivity contribution in [2.24, 2.45) is 11.3 Å². The van der Waals surface area contributed by atoms with Crippen LogP contribution in [0.25, 0.3) is 11.0 Å². The van der Waals surface area contributed by atoms with Crippen LogP contribution in [0.15, 0.2) is 90.1 Å². The first-order valence-electron chi connectivity index (χ1n) is 23.0. The second-order valence-corrected chi connectivity index (χ2v) is 21.1. The van der Waals surface area contributed by atoms with Crippen LogP contribution in [0.5, 0.6) is 11.5 Å². The quantitative estimate of drug-likeness (QED) is 0.0653. The second kappa shape index (κ2) is 16.8. The van der Waals surface area contributed by atoms with E-state index in [1.54, 1.807) is 41.7 Å². The van der Waals surface area contributed by atoms with Gasteiger partial charge in [0, 0.05) is 61.1 Å². The first-order chi connectivity index (χ1) is 30.8. The van der Waals surface area contributed by atoms with Gasteiger partial charge in [-0.1, -0.05) is 24.3 Å². The Bertz CT molecular complexity index is 2690. The maximum atomic E-state index is 14.0. The number of carbonyl (C=O) groups excluding carboxylic acids is 1. The van der Waals surface area contributed by atoms with Crippen LogP contribution in [0.2, 0.25) is 0 Å². The Morgan fingerprint density at radius 3 is 2.58 bits per heavy atom. The monoisotopic (exact) mass is 887 g/mol. The highest BCUT2D eigenvalue weighted by Crippen LogP contribution is 2.52. The molecule has 5 fully saturated rings. The third-order valence-electron chi connectivity index (χ3n) is 14.9. The van der Waals surface area contributed by atoms with Crippen LogP contribution >= 0.6 is 0 Å². The van der Waals surface area contributed by atoms with Gasteiger partial charge in [-0.25, -0.2) is 18.1 Å². The molecule has 1 amide bonds. The first kappa shape index (κ1) is 42.4. The number of nitrogens with zero attached hydrogens (tertiary/aromatic N) is 4. The van der Waals surface area contributed by atoms with Crippen molar-refractivity contribution in [1.82, 2.24) is 19.6 Å². The SMILES string of the molecule is CC1(O)CCC(CNc2ccc(S(=O)(=O)NC(=O)c3ccc(N4CCC5(CC[C@H](N6CCC[C@H]6c6ccccc6C6CC6)C5)C4)cc3Oc3cnc4[nH]ccc4c3)cc2[N+](=O)[O-])CC1. The van der Waals surface area contributed by atoms with E-state index in [0.29, 0.717) is 42.9 Å². The molecule has 4 heterocycles. The Morgan fingerprint density at radius 2 is 1.78 bits per heavy atom. The number of aromatic nitrogens is 2. The molecule has 1 unspecified atom stereocenters. The van der Waals surface area contributed by atoms with Crippen LogP contribution in [-0.2, 0) is 10.0 Å². The molecule has 336 valence electrons. The molecule has 1 spiro atoms. The fourth-order valence-corrected chi connectivity index (χ4v) is 12.2. The van der Waals surface area contributed by atoms with Crippen LogP contribution in [0.3, 0.4) is 0 Å². The molecule has 3 aromatic carbocycles. The Hall–Kier alpha value is -5.51. The van der Waals surface area contributed by atoms with Gasteiger partial charge in [-0.05, 0) is 155 Å². The number of ether oxygens (including phenoxy) is 1. The summed E-state index contributed by atoms with van der Waals surface area (Å²) in [6.45, 7) is 5.13. The molecular weight excluding hydrogens is 831 g/mol. The van der Waals surface area contributed by atoms with Gasteiger partial charge in [0.1, 0.15) is 22.8 Å². The summed E-state index contributed by atoms with van der Waals surface area (Å²) in [5, 5.41) is 26.4. The molecule has 3 saturated carbocycles. The Kier molecular flexibility index (Phi) is 11.1. The molecule has 5 aromatic rings. The summed E-state index contributed by atoms with van der Waals surface area (Å²) >= 11 is 0. The van der Waals surface area contributed by atoms with Crippen molar-refractivity contribution in [2.45, 2.75) is 112 Å². The summed E-state index contributed by atoms with van der Waals surface area (Å²) in [6, 6.07) is 22.6. The molecule has 64 heavy (non-hydrogen) atoms. The molecule has 15 heteroatoms. The zero-order chi connectivity index (χ0) is 44.2. The molecule has 2 aromatic heterocycles. The molecule has 3 atom stereocenters. The van der Waals surface area contributed by atoms with Crippen molar-refractivity contribution in [3.8, 4) is 11.5 Å². The number of amides is 1. The van der Waals surface area contributed by atoms with E-state index in [1.807, 2.05) is 19.1 Å². The number of sulfonamides is 1. The van der Waals surface area contributed by atoms with Crippen molar-refractivity contribution < 1.29 is 28.0 Å². The van der Waals surface area contributed by atoms with E-state index in [1.165, 1.54) is 44.2 Å². The molecule has 0 radical (unpaired) electrons. The molecule has 4 N–H and O–H groups in total. The lowest BCUT2D eigenvalue weighted by Crippen LogP contribution is -2.35. The maximum absolute atomic E-state index is 14.0. The fraction of sp³-hybridized carbons (Fsp3) is 0.469. The lowest BCUT2D eigenvalue weighted by atomic mass is 9.80. The molecule has 3 aliphatic carbocycles. The van der Waals surface area contributed by atoms with Gasteiger partial charge in [0.05, 0.1) is 27.2 Å². The van der Waals surface area contributed by atoms with Crippen LogP contribution in [0, 0.1) is 21.4 Å². The summed E-state index contributed by atoms with van der Waals surface area (Å²) in [5.41, 5.74) is 3.87. The van der Waals surface area contributed by atoms with E-state index in [2.05, 4.69) is 54.1 Å². The van der Waals surface area contributed by atoms with Crippen molar-refractivity contribution in [2.75, 3.05) is 36.4 Å². The van der Waals surface area contributed by atoms with Gasteiger partial charge in [-0.3, -0.25) is 19.8 Å². The number of aromatic amines is 1. The van der Waals surface area contributed by atoms with Crippen LogP contribution in [0.4, 0.5) is 17.1 Å². The number of hydrogen-bond donors (Lipinski definition) is 4. The number of nitro benzene ring substituents is 1. The van der Waals surface area contributed by atoms with Gasteiger partial charge in [0.25, 0.3) is 21.6 Å². The summed E-state index contributed by atoms with van der Waals surface area (Å²) in [7, 11) is -4.56. The third kappa shape index (κ3) is 8.69. The lowest BCUT2D eigenvalue weighted by molar-refractivity contribution is -0.384. The number of nitro groups is 1. The molecule has 14 nitrogen and oxygen atoms in total. The lowest BCUT2D eigenvalue weighted by Gasteiger charge is -2.33. The number of carbonyl (C=O) groups is 1. The van der Waals surface area contributed by atoms with Gasteiger partial charge in [-0.15, -0.1) is 0 Å². The average molecular weight is 888 g/mol. The highest BCUT2D eigenvalue weighted by Gasteiger charge is 2.48. The van der Waals surface area contributed by atoms with E-state index in [4.69, 9.17) is 4.74 Å². The number of hydrogen-bond acceptors (Lipinski definition) is 11. The highest BCUT2D eigenvalue weighted by atomic mass is 32.2. The molecule has 2 aliphatic heterocycles. The Balaban J connectivity index is 0.864. The fourth-order valence-electron chi connectivity index (χ4n) is 11.2. The van der Waals surface area contributed by atoms with Gasteiger partial charge < -0.3 is 25.0 Å². The number of H-pyrrole nitrogens is 1. The minimum atomic E-state index is -4.56. The van der Waals surface area contributed by atoms with Crippen molar-refractivity contribution in [3.05, 3.63) is 112 Å². The summed E-state index contributed by atoms with van der Waals surface area (Å²) in [4.78, 5) is 37.9. The number of nitrogens with one attached hydrogen (secondary N) is 3. The van der Waals surface area contributed by atoms with E-state index < -0.39 is 37.0 Å². The number of anilines is 2. The van der Waals surface area contributed by atoms with Gasteiger partial charge in [0.2, 0.25) is 0 Å². The minimum Gasteiger partial charge on any atom is -0.455 e. The molecule has 0 bridgehead atoms. The van der Waals surface area contributed by atoms with Gasteiger partial charge in [0.15, 0.2) is 0 Å². The van der Waals surface area contributed by atoms with E-state index in [0.717, 1.165) is 74.8 Å². The second-order valence-electron chi connectivity index (χ2n) is 19.4. The smallest absolute Gasteiger partial charge is 0.293 e. The molecule has 10 rings (SSSR count). The number of fused-ring (bicyclic) bond motifs is 1. The maximum Gasteiger partial charge on any atom is 0.293 e. The summed E-state index contributed by atoms with van der Waals surface area (Å²) in [5.74, 6) is 0.536. The zero-order valence-corrected chi connectivity index (χ0v) is 37.1. The van der Waals surface area contributed by atoms with Gasteiger partial charge in [-0.2, -0.15) is 0 Å². The molecule has 5 aliphatic rings. The van der Waals surface area contributed by atoms with E-state index in [9.17, 15) is 28.4 Å². The minimum absolute atomic E-state index is 0.0119. The topological polar surface area (TPSA) is 183 Å². The van der Waals surface area contributed by atoms with Crippen molar-refractivity contribution >= 4 is 44.0 Å². The van der Waals surface area contributed by atoms with Crippen LogP contribution < -0.4 is 19.7 Å². The third-order valence-corrected chi connectivity index (χ3v) is 16.2.